The Balaban J connectivity index is 2.43. The maximum Gasteiger partial charge on any atom is 0.265 e. The first-order valence-electron chi connectivity index (χ1n) is 4.43. The van der Waals surface area contributed by atoms with Crippen molar-refractivity contribution in [2.75, 3.05) is 6.61 Å². The molecule has 1 aromatic carbocycles. The molecule has 0 heterocycles. The van der Waals surface area contributed by atoms with Crippen molar-refractivity contribution in [1.29, 1.82) is 5.41 Å². The highest BCUT2D eigenvalue weighted by Gasteiger charge is 2.28. The summed E-state index contributed by atoms with van der Waals surface area (Å²) in [5.74, 6) is -0.385. The molecule has 88 valence electrons. The van der Waals surface area contributed by atoms with E-state index in [2.05, 4.69) is 0 Å². The molecule has 0 bridgehead atoms. The lowest BCUT2D eigenvalue weighted by molar-refractivity contribution is 0.300. The molecule has 0 aromatic heterocycles. The molecule has 0 aliphatic rings. The molecule has 1 rings (SSSR count). The molecule has 0 saturated carbocycles. The van der Waals surface area contributed by atoms with E-state index >= 15 is 0 Å². The van der Waals surface area contributed by atoms with Gasteiger partial charge in [-0.25, -0.2) is 0 Å². The van der Waals surface area contributed by atoms with E-state index in [1.54, 1.807) is 6.07 Å². The van der Waals surface area contributed by atoms with Crippen molar-refractivity contribution in [1.82, 2.24) is 0 Å². The van der Waals surface area contributed by atoms with E-state index in [0.29, 0.717) is 11.4 Å². The van der Waals surface area contributed by atoms with Crippen LogP contribution in [-0.2, 0) is 11.2 Å². The predicted octanol–water partition coefficient (Wildman–Crippen LogP) is 4.25. The van der Waals surface area contributed by atoms with Gasteiger partial charge in [0, 0.05) is 11.4 Å². The highest BCUT2D eigenvalue weighted by atomic mass is 35.6. The van der Waals surface area contributed by atoms with Gasteiger partial charge in [-0.1, -0.05) is 64.6 Å². The van der Waals surface area contributed by atoms with Crippen LogP contribution in [0.3, 0.4) is 0 Å². The number of benzene rings is 1. The lowest BCUT2D eigenvalue weighted by Gasteiger charge is -2.13. The Morgan fingerprint density at radius 3 is 2.44 bits per heavy atom. The van der Waals surface area contributed by atoms with Gasteiger partial charge in [0.25, 0.3) is 3.79 Å². The summed E-state index contributed by atoms with van der Waals surface area (Å²) in [7, 11) is 0. The highest BCUT2D eigenvalue weighted by Crippen LogP contribution is 2.27. The first-order valence-corrected chi connectivity index (χ1v) is 5.94. The van der Waals surface area contributed by atoms with Crippen LogP contribution in [0, 0.1) is 5.41 Å². The fourth-order valence-electron chi connectivity index (χ4n) is 1.05. The SMILES string of the molecule is N=C(OCCc1ccccc1Cl)C(Cl)(Cl)Cl. The topological polar surface area (TPSA) is 33.1 Å². The molecular weight excluding hydrogens is 292 g/mol. The minimum Gasteiger partial charge on any atom is -0.478 e. The number of hydrogen-bond donors (Lipinski definition) is 1. The summed E-state index contributed by atoms with van der Waals surface area (Å²) in [6.45, 7) is 0.247. The quantitative estimate of drug-likeness (QED) is 0.505. The van der Waals surface area contributed by atoms with E-state index in [1.165, 1.54) is 0 Å². The predicted molar refractivity (Wildman–Crippen MR) is 69.1 cm³/mol. The third-order valence-electron chi connectivity index (χ3n) is 1.83. The molecule has 0 fully saturated rings. The minimum atomic E-state index is -1.81. The van der Waals surface area contributed by atoms with Crippen LogP contribution in [0.5, 0.6) is 0 Å². The van der Waals surface area contributed by atoms with Crippen LogP contribution in [0.1, 0.15) is 5.56 Å². The second-order valence-corrected chi connectivity index (χ2v) is 5.71. The summed E-state index contributed by atoms with van der Waals surface area (Å²) in [4.78, 5) is 0. The standard InChI is InChI=1S/C10H9Cl4NO/c11-8-4-2-1-3-7(8)5-6-16-9(15)10(12,13)14/h1-4,15H,5-6H2. The normalized spacial score (nSPS) is 11.2. The Bertz CT molecular complexity index is 375. The zero-order chi connectivity index (χ0) is 12.2. The van der Waals surface area contributed by atoms with Crippen molar-refractivity contribution in [2.45, 2.75) is 10.2 Å². The van der Waals surface area contributed by atoms with Crippen molar-refractivity contribution in [3.8, 4) is 0 Å². The number of alkyl halides is 3. The summed E-state index contributed by atoms with van der Waals surface area (Å²) >= 11 is 22.3. The van der Waals surface area contributed by atoms with E-state index in [4.69, 9.17) is 56.5 Å². The number of rotatable bonds is 3. The molecule has 1 aromatic rings. The number of ether oxygens (including phenoxy) is 1. The van der Waals surface area contributed by atoms with Crippen LogP contribution in [-0.4, -0.2) is 16.3 Å². The van der Waals surface area contributed by atoms with Crippen LogP contribution in [0.15, 0.2) is 24.3 Å². The van der Waals surface area contributed by atoms with Gasteiger partial charge in [-0.3, -0.25) is 5.41 Å². The van der Waals surface area contributed by atoms with E-state index in [9.17, 15) is 0 Å². The Morgan fingerprint density at radius 1 is 1.25 bits per heavy atom. The van der Waals surface area contributed by atoms with Crippen LogP contribution < -0.4 is 0 Å². The van der Waals surface area contributed by atoms with Crippen molar-refractivity contribution in [2.24, 2.45) is 0 Å². The largest absolute Gasteiger partial charge is 0.478 e. The van der Waals surface area contributed by atoms with Crippen LogP contribution in [0.4, 0.5) is 0 Å². The molecule has 0 amide bonds. The van der Waals surface area contributed by atoms with Gasteiger partial charge in [0.2, 0.25) is 5.90 Å². The molecule has 0 radical (unpaired) electrons. The summed E-state index contributed by atoms with van der Waals surface area (Å²) < 4.78 is 3.19. The fraction of sp³-hybridized carbons (Fsp3) is 0.300. The third kappa shape index (κ3) is 4.38. The lowest BCUT2D eigenvalue weighted by Crippen LogP contribution is -2.22. The van der Waals surface area contributed by atoms with E-state index in [-0.39, 0.29) is 12.5 Å². The molecule has 1 N–H and O–H groups in total. The monoisotopic (exact) mass is 299 g/mol. The van der Waals surface area contributed by atoms with Crippen molar-refractivity contribution >= 4 is 52.3 Å². The molecule has 16 heavy (non-hydrogen) atoms. The Kier molecular flexibility index (Phi) is 5.19. The van der Waals surface area contributed by atoms with Crippen molar-refractivity contribution < 1.29 is 4.74 Å². The molecule has 0 aliphatic heterocycles. The van der Waals surface area contributed by atoms with Gasteiger partial charge in [-0.2, -0.15) is 0 Å². The van der Waals surface area contributed by atoms with Gasteiger partial charge in [-0.05, 0) is 11.6 Å². The van der Waals surface area contributed by atoms with E-state index < -0.39 is 3.79 Å². The van der Waals surface area contributed by atoms with Crippen molar-refractivity contribution in [3.05, 3.63) is 34.9 Å². The molecule has 0 spiro atoms. The van der Waals surface area contributed by atoms with Gasteiger partial charge < -0.3 is 4.74 Å². The highest BCUT2D eigenvalue weighted by molar-refractivity contribution is 6.76. The summed E-state index contributed by atoms with van der Waals surface area (Å²) in [5.41, 5.74) is 0.932. The second kappa shape index (κ2) is 5.97. The lowest BCUT2D eigenvalue weighted by atomic mass is 10.2. The van der Waals surface area contributed by atoms with Crippen LogP contribution in [0.2, 0.25) is 5.02 Å². The Labute approximate surface area is 114 Å². The van der Waals surface area contributed by atoms with Crippen LogP contribution in [0.25, 0.3) is 0 Å². The van der Waals surface area contributed by atoms with E-state index in [0.717, 1.165) is 5.56 Å². The van der Waals surface area contributed by atoms with Gasteiger partial charge in [-0.15, -0.1) is 0 Å². The maximum absolute atomic E-state index is 7.31. The van der Waals surface area contributed by atoms with E-state index in [1.807, 2.05) is 18.2 Å². The zero-order valence-electron chi connectivity index (χ0n) is 8.14. The van der Waals surface area contributed by atoms with Crippen molar-refractivity contribution in [3.63, 3.8) is 0 Å². The van der Waals surface area contributed by atoms with Crippen LogP contribution >= 0.6 is 46.4 Å². The minimum absolute atomic E-state index is 0.247. The molecular formula is C10H9Cl4NO. The molecule has 2 nitrogen and oxygen atoms in total. The Hall–Kier alpha value is -0.150. The molecule has 0 saturated heterocycles. The smallest absolute Gasteiger partial charge is 0.265 e. The summed E-state index contributed by atoms with van der Waals surface area (Å²) in [6, 6.07) is 7.39. The first-order chi connectivity index (χ1) is 7.41. The number of hydrogen-bond acceptors (Lipinski definition) is 2. The number of nitrogens with one attached hydrogen (secondary N) is 1. The summed E-state index contributed by atoms with van der Waals surface area (Å²) in [5, 5.41) is 7.97. The van der Waals surface area contributed by atoms with Gasteiger partial charge in [0.15, 0.2) is 0 Å². The first kappa shape index (κ1) is 13.9. The van der Waals surface area contributed by atoms with Gasteiger partial charge >= 0.3 is 0 Å². The molecule has 6 heteroatoms. The molecule has 0 atom stereocenters. The molecule has 0 aliphatic carbocycles. The summed E-state index contributed by atoms with van der Waals surface area (Å²) in [6.07, 6.45) is 0.558. The number of halogens is 4. The third-order valence-corrected chi connectivity index (χ3v) is 2.72. The van der Waals surface area contributed by atoms with Gasteiger partial charge in [0.05, 0.1) is 6.61 Å². The van der Waals surface area contributed by atoms with Gasteiger partial charge in [0.1, 0.15) is 0 Å². The Morgan fingerprint density at radius 2 is 1.88 bits per heavy atom. The zero-order valence-corrected chi connectivity index (χ0v) is 11.2. The average Bonchev–Trinajstić information content (AvgIpc) is 2.19. The molecule has 0 unspecified atom stereocenters. The second-order valence-electron chi connectivity index (χ2n) is 3.02. The maximum atomic E-state index is 7.31. The average molecular weight is 301 g/mol. The fourth-order valence-corrected chi connectivity index (χ4v) is 1.44.